The predicted molar refractivity (Wildman–Crippen MR) is 127 cm³/mol. The number of halogens is 1. The molecule has 1 fully saturated rings. The van der Waals surface area contributed by atoms with Gasteiger partial charge in [0.25, 0.3) is 0 Å². The maximum atomic E-state index is 5.38. The number of guanidine groups is 1. The minimum atomic E-state index is 0. The van der Waals surface area contributed by atoms with E-state index in [9.17, 15) is 0 Å². The highest BCUT2D eigenvalue weighted by Gasteiger charge is 2.19. The molecule has 0 bridgehead atoms. The third-order valence-electron chi connectivity index (χ3n) is 4.73. The van der Waals surface area contributed by atoms with Crippen molar-refractivity contribution in [3.63, 3.8) is 0 Å². The molecule has 0 atom stereocenters. The molecular weight excluding hydrogens is 471 g/mol. The van der Waals surface area contributed by atoms with E-state index in [0.717, 1.165) is 58.2 Å². The molecule has 1 aliphatic rings. The molecule has 2 N–H and O–H groups in total. The number of aliphatic imine (C=N–C) groups is 1. The Morgan fingerprint density at radius 1 is 1.26 bits per heavy atom. The lowest BCUT2D eigenvalue weighted by Crippen LogP contribution is -2.39. The molecule has 1 aromatic rings. The van der Waals surface area contributed by atoms with Crippen molar-refractivity contribution in [1.29, 1.82) is 0 Å². The van der Waals surface area contributed by atoms with E-state index in [1.807, 2.05) is 18.3 Å². The van der Waals surface area contributed by atoms with Crippen LogP contribution in [-0.2, 0) is 11.3 Å². The van der Waals surface area contributed by atoms with Crippen molar-refractivity contribution >= 4 is 41.3 Å². The Bertz CT molecular complexity index is 490. The van der Waals surface area contributed by atoms with Crippen molar-refractivity contribution in [2.75, 3.05) is 45.9 Å². The van der Waals surface area contributed by atoms with Crippen molar-refractivity contribution in [1.82, 2.24) is 15.5 Å². The zero-order valence-electron chi connectivity index (χ0n) is 16.9. The third kappa shape index (κ3) is 10.7. The molecular formula is C20H37IN4OS. The zero-order valence-corrected chi connectivity index (χ0v) is 20.1. The minimum Gasteiger partial charge on any atom is -0.382 e. The summed E-state index contributed by atoms with van der Waals surface area (Å²) < 4.78 is 5.38. The summed E-state index contributed by atoms with van der Waals surface area (Å²) in [6.07, 6.45) is 4.72. The average molecular weight is 509 g/mol. The van der Waals surface area contributed by atoms with Crippen LogP contribution >= 0.6 is 35.3 Å². The summed E-state index contributed by atoms with van der Waals surface area (Å²) in [4.78, 5) is 8.87. The summed E-state index contributed by atoms with van der Waals surface area (Å²) >= 11 is 1.86. The average Bonchev–Trinajstić information content (AvgIpc) is 3.16. The Balaban J connectivity index is 0.00000364. The van der Waals surface area contributed by atoms with Crippen LogP contribution in [0.25, 0.3) is 0 Å². The van der Waals surface area contributed by atoms with Gasteiger partial charge in [-0.3, -0.25) is 9.89 Å². The molecule has 2 heterocycles. The highest BCUT2D eigenvalue weighted by atomic mass is 127. The van der Waals surface area contributed by atoms with E-state index in [1.165, 1.54) is 30.8 Å². The molecule has 5 nitrogen and oxygen atoms in total. The molecule has 156 valence electrons. The zero-order chi connectivity index (χ0) is 18.5. The number of thiophene rings is 1. The van der Waals surface area contributed by atoms with E-state index in [1.54, 1.807) is 0 Å². The van der Waals surface area contributed by atoms with Crippen LogP contribution in [0.5, 0.6) is 0 Å². The van der Waals surface area contributed by atoms with Gasteiger partial charge in [-0.25, -0.2) is 0 Å². The Kier molecular flexibility index (Phi) is 14.2. The van der Waals surface area contributed by atoms with E-state index in [-0.39, 0.29) is 24.0 Å². The molecule has 0 aliphatic carbocycles. The Morgan fingerprint density at radius 2 is 2.07 bits per heavy atom. The van der Waals surface area contributed by atoms with Crippen LogP contribution < -0.4 is 10.6 Å². The Labute approximate surface area is 186 Å². The molecule has 0 spiro atoms. The SMILES string of the molecule is CCNC(=NCC1CCN(Cc2cccs2)CC1)NCCCCOCC.I. The number of likely N-dealkylation sites (tertiary alicyclic amines) is 1. The van der Waals surface area contributed by atoms with Gasteiger partial charge in [0.15, 0.2) is 5.96 Å². The second-order valence-electron chi connectivity index (χ2n) is 6.85. The van der Waals surface area contributed by atoms with Gasteiger partial charge < -0.3 is 15.4 Å². The number of ether oxygens (including phenoxy) is 1. The minimum absolute atomic E-state index is 0. The van der Waals surface area contributed by atoms with Crippen LogP contribution in [0.3, 0.4) is 0 Å². The normalized spacial score (nSPS) is 16.1. The lowest BCUT2D eigenvalue weighted by Gasteiger charge is -2.31. The second kappa shape index (κ2) is 15.5. The van der Waals surface area contributed by atoms with Crippen LogP contribution in [0.2, 0.25) is 0 Å². The Hall–Kier alpha value is -0.380. The first-order valence-corrected chi connectivity index (χ1v) is 11.0. The number of rotatable bonds is 11. The van der Waals surface area contributed by atoms with E-state index in [2.05, 4.69) is 40.0 Å². The number of hydrogen-bond donors (Lipinski definition) is 2. The molecule has 0 aromatic carbocycles. The number of unbranched alkanes of at least 4 members (excludes halogenated alkanes) is 1. The maximum Gasteiger partial charge on any atom is 0.191 e. The third-order valence-corrected chi connectivity index (χ3v) is 5.59. The van der Waals surface area contributed by atoms with Gasteiger partial charge in [0.05, 0.1) is 0 Å². The number of piperidine rings is 1. The molecule has 0 unspecified atom stereocenters. The first-order valence-electron chi connectivity index (χ1n) is 10.2. The van der Waals surface area contributed by atoms with Crippen molar-refractivity contribution < 1.29 is 4.74 Å². The Morgan fingerprint density at radius 3 is 2.74 bits per heavy atom. The van der Waals surface area contributed by atoms with Crippen LogP contribution in [0.15, 0.2) is 22.5 Å². The molecule has 1 aromatic heterocycles. The topological polar surface area (TPSA) is 48.9 Å². The van der Waals surface area contributed by atoms with Gasteiger partial charge in [0.1, 0.15) is 0 Å². The van der Waals surface area contributed by atoms with Crippen LogP contribution in [0, 0.1) is 5.92 Å². The quantitative estimate of drug-likeness (QED) is 0.206. The molecule has 0 radical (unpaired) electrons. The number of nitrogens with zero attached hydrogens (tertiary/aromatic N) is 2. The lowest BCUT2D eigenvalue weighted by atomic mass is 9.97. The molecule has 1 saturated heterocycles. The standard InChI is InChI=1S/C20H36N4OS.HI/c1-3-21-20(22-11-5-6-14-25-4-2)23-16-18-9-12-24(13-10-18)17-19-8-7-15-26-19;/h7-8,15,18H,3-6,9-14,16-17H2,1-2H3,(H2,21,22,23);1H. The predicted octanol–water partition coefficient (Wildman–Crippen LogP) is 3.95. The van der Waals surface area contributed by atoms with Gasteiger partial charge in [0, 0.05) is 44.3 Å². The second-order valence-corrected chi connectivity index (χ2v) is 7.88. The van der Waals surface area contributed by atoms with Crippen LogP contribution in [-0.4, -0.2) is 56.8 Å². The summed E-state index contributed by atoms with van der Waals surface area (Å²) in [7, 11) is 0. The van der Waals surface area contributed by atoms with Gasteiger partial charge in [-0.1, -0.05) is 6.07 Å². The molecule has 1 aliphatic heterocycles. The first kappa shape index (κ1) is 24.7. The van der Waals surface area contributed by atoms with E-state index in [4.69, 9.17) is 9.73 Å². The van der Waals surface area contributed by atoms with Gasteiger partial charge >= 0.3 is 0 Å². The highest BCUT2D eigenvalue weighted by Crippen LogP contribution is 2.20. The van der Waals surface area contributed by atoms with Gasteiger partial charge in [-0.15, -0.1) is 35.3 Å². The molecule has 27 heavy (non-hydrogen) atoms. The van der Waals surface area contributed by atoms with E-state index >= 15 is 0 Å². The molecule has 2 rings (SSSR count). The smallest absolute Gasteiger partial charge is 0.191 e. The van der Waals surface area contributed by atoms with Crippen molar-refractivity contribution in [2.45, 2.75) is 46.1 Å². The number of hydrogen-bond acceptors (Lipinski definition) is 4. The fourth-order valence-electron chi connectivity index (χ4n) is 3.19. The van der Waals surface area contributed by atoms with Crippen LogP contribution in [0.4, 0.5) is 0 Å². The summed E-state index contributed by atoms with van der Waals surface area (Å²) in [6, 6.07) is 4.39. The van der Waals surface area contributed by atoms with Gasteiger partial charge in [0.2, 0.25) is 0 Å². The highest BCUT2D eigenvalue weighted by molar-refractivity contribution is 14.0. The molecule has 7 heteroatoms. The maximum absolute atomic E-state index is 5.38. The molecule has 0 amide bonds. The van der Waals surface area contributed by atoms with E-state index < -0.39 is 0 Å². The largest absolute Gasteiger partial charge is 0.382 e. The van der Waals surface area contributed by atoms with E-state index in [0.29, 0.717) is 5.92 Å². The summed E-state index contributed by atoms with van der Waals surface area (Å²) in [5.41, 5.74) is 0. The van der Waals surface area contributed by atoms with Crippen LogP contribution in [0.1, 0.15) is 44.4 Å². The summed E-state index contributed by atoms with van der Waals surface area (Å²) in [5, 5.41) is 8.98. The lowest BCUT2D eigenvalue weighted by molar-refractivity contribution is 0.143. The van der Waals surface area contributed by atoms with Gasteiger partial charge in [-0.05, 0) is 70.0 Å². The number of nitrogens with one attached hydrogen (secondary N) is 2. The fraction of sp³-hybridized carbons (Fsp3) is 0.750. The van der Waals surface area contributed by atoms with Crippen molar-refractivity contribution in [3.8, 4) is 0 Å². The fourth-order valence-corrected chi connectivity index (χ4v) is 3.94. The summed E-state index contributed by atoms with van der Waals surface area (Å²) in [6.45, 7) is 12.1. The van der Waals surface area contributed by atoms with Gasteiger partial charge in [-0.2, -0.15) is 0 Å². The van der Waals surface area contributed by atoms with Crippen molar-refractivity contribution in [3.05, 3.63) is 22.4 Å². The summed E-state index contributed by atoms with van der Waals surface area (Å²) in [5.74, 6) is 1.67. The van der Waals surface area contributed by atoms with Crippen molar-refractivity contribution in [2.24, 2.45) is 10.9 Å². The molecule has 0 saturated carbocycles. The monoisotopic (exact) mass is 508 g/mol. The first-order chi connectivity index (χ1) is 12.8.